The lowest BCUT2D eigenvalue weighted by molar-refractivity contribution is -0.120. The Morgan fingerprint density at radius 3 is 2.44 bits per heavy atom. The SMILES string of the molecule is Cc1cc(N2C(=O)C(C)(C)N(c3ccc(OC4CCN(C)CC4)cc3)C2=S)cnc1C#N. The summed E-state index contributed by atoms with van der Waals surface area (Å²) in [5, 5.41) is 9.53. The van der Waals surface area contributed by atoms with Gasteiger partial charge in [0.25, 0.3) is 5.91 Å². The quantitative estimate of drug-likeness (QED) is 0.660. The van der Waals surface area contributed by atoms with Crippen LogP contribution >= 0.6 is 12.2 Å². The van der Waals surface area contributed by atoms with Crippen molar-refractivity contribution in [3.8, 4) is 11.8 Å². The van der Waals surface area contributed by atoms with Crippen LogP contribution in [0.3, 0.4) is 0 Å². The number of anilines is 2. The van der Waals surface area contributed by atoms with Crippen molar-refractivity contribution in [2.75, 3.05) is 29.9 Å². The van der Waals surface area contributed by atoms with Crippen LogP contribution in [0, 0.1) is 18.3 Å². The molecule has 2 aromatic rings. The number of rotatable bonds is 4. The Kier molecular flexibility index (Phi) is 5.89. The van der Waals surface area contributed by atoms with Gasteiger partial charge in [0.1, 0.15) is 29.2 Å². The molecule has 1 amide bonds. The average molecular weight is 450 g/mol. The molecule has 8 heteroatoms. The van der Waals surface area contributed by atoms with Crippen molar-refractivity contribution in [3.05, 3.63) is 47.8 Å². The van der Waals surface area contributed by atoms with E-state index < -0.39 is 5.54 Å². The third-order valence-corrected chi connectivity index (χ3v) is 6.52. The van der Waals surface area contributed by atoms with Gasteiger partial charge in [-0.05, 0) is 88.8 Å². The number of carbonyl (C=O) groups is 1. The first-order valence-corrected chi connectivity index (χ1v) is 11.1. The van der Waals surface area contributed by atoms with Crippen molar-refractivity contribution in [1.29, 1.82) is 5.26 Å². The summed E-state index contributed by atoms with van der Waals surface area (Å²) in [5.41, 5.74) is 1.56. The Bertz CT molecular complexity index is 1080. The summed E-state index contributed by atoms with van der Waals surface area (Å²) in [6.07, 6.45) is 3.78. The molecule has 166 valence electrons. The van der Waals surface area contributed by atoms with E-state index in [9.17, 15) is 4.79 Å². The maximum Gasteiger partial charge on any atom is 0.259 e. The molecule has 0 atom stereocenters. The lowest BCUT2D eigenvalue weighted by atomic mass is 10.0. The first-order valence-electron chi connectivity index (χ1n) is 10.7. The smallest absolute Gasteiger partial charge is 0.259 e. The lowest BCUT2D eigenvalue weighted by Gasteiger charge is -2.31. The summed E-state index contributed by atoms with van der Waals surface area (Å²) in [6, 6.07) is 11.6. The van der Waals surface area contributed by atoms with Gasteiger partial charge in [-0.1, -0.05) is 0 Å². The molecule has 32 heavy (non-hydrogen) atoms. The zero-order chi connectivity index (χ0) is 23.0. The highest BCUT2D eigenvalue weighted by Crippen LogP contribution is 2.37. The van der Waals surface area contributed by atoms with E-state index in [4.69, 9.17) is 22.2 Å². The molecule has 0 radical (unpaired) electrons. The van der Waals surface area contributed by atoms with Crippen LogP contribution in [0.15, 0.2) is 36.5 Å². The Balaban J connectivity index is 1.56. The molecule has 1 aromatic carbocycles. The van der Waals surface area contributed by atoms with E-state index in [-0.39, 0.29) is 12.0 Å². The molecule has 3 heterocycles. The molecule has 0 bridgehead atoms. The molecule has 0 N–H and O–H groups in total. The van der Waals surface area contributed by atoms with Crippen molar-refractivity contribution in [1.82, 2.24) is 9.88 Å². The summed E-state index contributed by atoms with van der Waals surface area (Å²) >= 11 is 5.73. The molecule has 0 spiro atoms. The van der Waals surface area contributed by atoms with Crippen molar-refractivity contribution < 1.29 is 9.53 Å². The number of benzene rings is 1. The van der Waals surface area contributed by atoms with E-state index in [1.807, 2.05) is 43.0 Å². The second-order valence-electron chi connectivity index (χ2n) is 8.90. The topological polar surface area (TPSA) is 72.7 Å². The van der Waals surface area contributed by atoms with Gasteiger partial charge in [-0.25, -0.2) is 4.98 Å². The van der Waals surface area contributed by atoms with Crippen LogP contribution < -0.4 is 14.5 Å². The van der Waals surface area contributed by atoms with Crippen LogP contribution in [-0.2, 0) is 4.79 Å². The largest absolute Gasteiger partial charge is 0.490 e. The second-order valence-corrected chi connectivity index (χ2v) is 9.27. The van der Waals surface area contributed by atoms with Crippen LogP contribution in [0.5, 0.6) is 5.75 Å². The molecule has 4 rings (SSSR count). The van der Waals surface area contributed by atoms with Gasteiger partial charge in [-0.3, -0.25) is 9.69 Å². The second kappa shape index (κ2) is 8.49. The normalized spacial score (nSPS) is 19.3. The fourth-order valence-corrected chi connectivity index (χ4v) is 4.75. The number of amides is 1. The van der Waals surface area contributed by atoms with E-state index in [0.717, 1.165) is 37.4 Å². The van der Waals surface area contributed by atoms with Crippen LogP contribution in [0.25, 0.3) is 0 Å². The van der Waals surface area contributed by atoms with Crippen LogP contribution in [-0.4, -0.2) is 52.7 Å². The Morgan fingerprint density at radius 1 is 1.19 bits per heavy atom. The zero-order valence-corrected chi connectivity index (χ0v) is 19.6. The number of aryl methyl sites for hydroxylation is 1. The monoisotopic (exact) mass is 449 g/mol. The number of aromatic nitrogens is 1. The van der Waals surface area contributed by atoms with Gasteiger partial charge in [-0.15, -0.1) is 0 Å². The van der Waals surface area contributed by atoms with E-state index in [0.29, 0.717) is 22.1 Å². The Morgan fingerprint density at radius 2 is 1.84 bits per heavy atom. The summed E-state index contributed by atoms with van der Waals surface area (Å²) < 4.78 is 6.16. The Labute approximate surface area is 194 Å². The highest BCUT2D eigenvalue weighted by molar-refractivity contribution is 7.81. The number of likely N-dealkylation sites (tertiary alicyclic amines) is 1. The highest BCUT2D eigenvalue weighted by atomic mass is 32.1. The molecule has 7 nitrogen and oxygen atoms in total. The molecule has 2 aliphatic rings. The van der Waals surface area contributed by atoms with Gasteiger partial charge >= 0.3 is 0 Å². The number of pyridine rings is 1. The molecular formula is C24H27N5O2S. The summed E-state index contributed by atoms with van der Waals surface area (Å²) in [6.45, 7) is 7.59. The number of thiocarbonyl (C=S) groups is 1. The number of hydrogen-bond acceptors (Lipinski definition) is 6. The highest BCUT2D eigenvalue weighted by Gasteiger charge is 2.50. The first kappa shape index (κ1) is 22.2. The summed E-state index contributed by atoms with van der Waals surface area (Å²) in [5.74, 6) is 0.682. The Hall–Kier alpha value is -3.02. The molecule has 2 saturated heterocycles. The van der Waals surface area contributed by atoms with Crippen molar-refractivity contribution in [2.45, 2.75) is 45.3 Å². The van der Waals surface area contributed by atoms with Gasteiger partial charge in [-0.2, -0.15) is 5.26 Å². The number of nitriles is 1. The number of nitrogens with zero attached hydrogens (tertiary/aromatic N) is 5. The van der Waals surface area contributed by atoms with Gasteiger partial charge in [0, 0.05) is 18.8 Å². The first-order chi connectivity index (χ1) is 15.2. The molecular weight excluding hydrogens is 422 g/mol. The van der Waals surface area contributed by atoms with E-state index in [1.165, 1.54) is 11.1 Å². The maximum absolute atomic E-state index is 13.3. The predicted molar refractivity (Wildman–Crippen MR) is 128 cm³/mol. The summed E-state index contributed by atoms with van der Waals surface area (Å²) in [4.78, 5) is 23.2. The van der Waals surface area contributed by atoms with Crippen LogP contribution in [0.2, 0.25) is 0 Å². The van der Waals surface area contributed by atoms with Crippen molar-refractivity contribution >= 4 is 34.6 Å². The van der Waals surface area contributed by atoms with E-state index in [2.05, 4.69) is 23.0 Å². The zero-order valence-electron chi connectivity index (χ0n) is 18.8. The van der Waals surface area contributed by atoms with E-state index >= 15 is 0 Å². The van der Waals surface area contributed by atoms with Gasteiger partial charge in [0.05, 0.1) is 11.9 Å². The molecule has 2 aliphatic heterocycles. The third-order valence-electron chi connectivity index (χ3n) is 6.16. The minimum Gasteiger partial charge on any atom is -0.490 e. The lowest BCUT2D eigenvalue weighted by Crippen LogP contribution is -2.44. The molecule has 0 saturated carbocycles. The predicted octanol–water partition coefficient (Wildman–Crippen LogP) is 3.65. The maximum atomic E-state index is 13.3. The van der Waals surface area contributed by atoms with Crippen LogP contribution in [0.4, 0.5) is 11.4 Å². The molecule has 2 fully saturated rings. The number of piperidine rings is 1. The number of hydrogen-bond donors (Lipinski definition) is 0. The van der Waals surface area contributed by atoms with E-state index in [1.54, 1.807) is 13.0 Å². The molecule has 0 unspecified atom stereocenters. The van der Waals surface area contributed by atoms with Gasteiger partial charge < -0.3 is 14.5 Å². The summed E-state index contributed by atoms with van der Waals surface area (Å²) in [7, 11) is 2.13. The minimum absolute atomic E-state index is 0.139. The average Bonchev–Trinajstić information content (AvgIpc) is 2.94. The van der Waals surface area contributed by atoms with Crippen molar-refractivity contribution in [2.24, 2.45) is 0 Å². The fraction of sp³-hybridized carbons (Fsp3) is 0.417. The third kappa shape index (κ3) is 3.94. The number of ether oxygens (including phenoxy) is 1. The van der Waals surface area contributed by atoms with Crippen LogP contribution in [0.1, 0.15) is 37.9 Å². The van der Waals surface area contributed by atoms with Gasteiger partial charge in [0.15, 0.2) is 5.11 Å². The van der Waals surface area contributed by atoms with Crippen molar-refractivity contribution in [3.63, 3.8) is 0 Å². The molecule has 1 aromatic heterocycles. The van der Waals surface area contributed by atoms with Gasteiger partial charge in [0.2, 0.25) is 0 Å². The minimum atomic E-state index is -0.866. The standard InChI is InChI=1S/C24H27N5O2S/c1-16-13-18(15-26-21(16)14-25)28-22(30)24(2,3)29(23(28)32)17-5-7-19(8-6-17)31-20-9-11-27(4)12-10-20/h5-8,13,15,20H,9-12H2,1-4H3. The molecule has 0 aliphatic carbocycles. The number of carbonyl (C=O) groups excluding carboxylic acids is 1. The fourth-order valence-electron chi connectivity index (χ4n) is 4.22.